The van der Waals surface area contributed by atoms with Gasteiger partial charge in [0.15, 0.2) is 11.5 Å². The fraction of sp³-hybridized carbons (Fsp3) is 0.240. The van der Waals surface area contributed by atoms with Gasteiger partial charge in [-0.25, -0.2) is 8.42 Å². The summed E-state index contributed by atoms with van der Waals surface area (Å²) < 4.78 is 39.0. The lowest BCUT2D eigenvalue weighted by Gasteiger charge is -2.19. The lowest BCUT2D eigenvalue weighted by Crippen LogP contribution is -2.26. The van der Waals surface area contributed by atoms with E-state index in [1.807, 2.05) is 43.3 Å². The van der Waals surface area contributed by atoms with Crippen molar-refractivity contribution in [1.29, 1.82) is 0 Å². The molecular weight excluding hydrogens is 454 g/mol. The molecule has 0 spiro atoms. The lowest BCUT2D eigenvalue weighted by atomic mass is 10.1. The molecule has 1 amide bonds. The number of sulfonamides is 1. The Bertz CT molecular complexity index is 1270. The van der Waals surface area contributed by atoms with Crippen LogP contribution in [0.5, 0.6) is 11.5 Å². The molecule has 178 valence electrons. The van der Waals surface area contributed by atoms with Crippen LogP contribution < -0.4 is 19.1 Å². The Morgan fingerprint density at radius 2 is 1.53 bits per heavy atom. The molecule has 0 fully saturated rings. The number of carbonyl (C=O) groups is 1. The molecule has 1 aliphatic rings. The van der Waals surface area contributed by atoms with Crippen LogP contribution >= 0.6 is 0 Å². The smallest absolute Gasteiger partial charge is 0.262 e. The largest absolute Gasteiger partial charge is 0.486 e. The Morgan fingerprint density at radius 1 is 0.882 bits per heavy atom. The predicted molar refractivity (Wildman–Crippen MR) is 131 cm³/mol. The van der Waals surface area contributed by atoms with Crippen LogP contribution in [0.25, 0.3) is 0 Å². The van der Waals surface area contributed by atoms with Crippen LogP contribution in [-0.4, -0.2) is 53.6 Å². The van der Waals surface area contributed by atoms with Gasteiger partial charge in [0.2, 0.25) is 0 Å². The van der Waals surface area contributed by atoms with Crippen molar-refractivity contribution in [2.24, 2.45) is 0 Å². The van der Waals surface area contributed by atoms with E-state index in [2.05, 4.69) is 4.72 Å². The van der Waals surface area contributed by atoms with Crippen LogP contribution in [0.3, 0.4) is 0 Å². The summed E-state index contributed by atoms with van der Waals surface area (Å²) in [6.07, 6.45) is 0. The lowest BCUT2D eigenvalue weighted by molar-refractivity contribution is 0.0785. The second-order valence-corrected chi connectivity index (χ2v) is 9.89. The summed E-state index contributed by atoms with van der Waals surface area (Å²) in [4.78, 5) is 16.5. The number of carbonyl (C=O) groups excluding carboxylic acids is 1. The van der Waals surface area contributed by atoms with Gasteiger partial charge in [0.25, 0.3) is 15.9 Å². The number of ether oxygens (including phenoxy) is 2. The Morgan fingerprint density at radius 3 is 2.18 bits per heavy atom. The van der Waals surface area contributed by atoms with Gasteiger partial charge in [-0.1, -0.05) is 12.1 Å². The summed E-state index contributed by atoms with van der Waals surface area (Å²) in [5.41, 5.74) is 2.93. The highest BCUT2D eigenvalue weighted by Gasteiger charge is 2.20. The number of amides is 1. The fourth-order valence-electron chi connectivity index (χ4n) is 3.55. The van der Waals surface area contributed by atoms with Gasteiger partial charge in [-0.2, -0.15) is 0 Å². The predicted octanol–water partition coefficient (Wildman–Crippen LogP) is 3.60. The van der Waals surface area contributed by atoms with Gasteiger partial charge in [0.1, 0.15) is 13.2 Å². The molecule has 4 rings (SSSR count). The summed E-state index contributed by atoms with van der Waals surface area (Å²) >= 11 is 0. The van der Waals surface area contributed by atoms with Gasteiger partial charge in [0, 0.05) is 50.7 Å². The zero-order chi connectivity index (χ0) is 24.3. The van der Waals surface area contributed by atoms with Gasteiger partial charge in [-0.3, -0.25) is 9.52 Å². The van der Waals surface area contributed by atoms with E-state index >= 15 is 0 Å². The first-order valence-corrected chi connectivity index (χ1v) is 12.3. The zero-order valence-electron chi connectivity index (χ0n) is 19.3. The Balaban J connectivity index is 1.41. The maximum atomic E-state index is 12.8. The summed E-state index contributed by atoms with van der Waals surface area (Å²) in [7, 11) is 1.86. The highest BCUT2D eigenvalue weighted by molar-refractivity contribution is 7.92. The molecule has 0 aliphatic carbocycles. The van der Waals surface area contributed by atoms with Crippen molar-refractivity contribution in [3.05, 3.63) is 77.9 Å². The molecule has 0 saturated carbocycles. The second-order valence-electron chi connectivity index (χ2n) is 8.21. The minimum Gasteiger partial charge on any atom is -0.486 e. The Hall–Kier alpha value is -3.72. The minimum absolute atomic E-state index is 0.0666. The fourth-order valence-corrected chi connectivity index (χ4v) is 4.62. The van der Waals surface area contributed by atoms with Crippen LogP contribution in [0.1, 0.15) is 15.9 Å². The van der Waals surface area contributed by atoms with Crippen molar-refractivity contribution < 1.29 is 22.7 Å². The molecule has 1 N–H and O–H groups in total. The monoisotopic (exact) mass is 481 g/mol. The van der Waals surface area contributed by atoms with Crippen molar-refractivity contribution >= 4 is 27.3 Å². The van der Waals surface area contributed by atoms with Gasteiger partial charge < -0.3 is 19.3 Å². The molecule has 1 aliphatic heterocycles. The molecule has 3 aromatic rings. The molecule has 0 aromatic heterocycles. The van der Waals surface area contributed by atoms with E-state index in [0.29, 0.717) is 42.5 Å². The summed E-state index contributed by atoms with van der Waals surface area (Å²) in [6, 6.07) is 18.9. The van der Waals surface area contributed by atoms with Gasteiger partial charge in [-0.15, -0.1) is 0 Å². The molecule has 9 heteroatoms. The molecule has 0 radical (unpaired) electrons. The van der Waals surface area contributed by atoms with Gasteiger partial charge in [0.05, 0.1) is 4.90 Å². The normalized spacial score (nSPS) is 12.7. The Labute approximate surface area is 199 Å². The van der Waals surface area contributed by atoms with Crippen LogP contribution in [0.15, 0.2) is 71.6 Å². The molecule has 0 saturated heterocycles. The van der Waals surface area contributed by atoms with E-state index in [0.717, 1.165) is 11.3 Å². The number of nitrogens with one attached hydrogen (secondary N) is 1. The third-order valence-electron chi connectivity index (χ3n) is 5.43. The van der Waals surface area contributed by atoms with Crippen molar-refractivity contribution in [1.82, 2.24) is 4.90 Å². The highest BCUT2D eigenvalue weighted by atomic mass is 32.2. The first-order valence-electron chi connectivity index (χ1n) is 10.8. The zero-order valence-corrected chi connectivity index (χ0v) is 20.1. The number of benzene rings is 3. The summed E-state index contributed by atoms with van der Waals surface area (Å²) in [6.45, 7) is 1.26. The average Bonchev–Trinajstić information content (AvgIpc) is 2.84. The van der Waals surface area contributed by atoms with Crippen molar-refractivity contribution in [2.75, 3.05) is 44.0 Å². The van der Waals surface area contributed by atoms with E-state index < -0.39 is 10.0 Å². The quantitative estimate of drug-likeness (QED) is 0.555. The SMILES string of the molecule is CN(Cc1ccc(N(C)C)cc1)C(=O)c1ccc(NS(=O)(=O)c2ccc3c(c2)OCCO3)cc1. The maximum absolute atomic E-state index is 12.8. The van der Waals surface area contributed by atoms with E-state index in [-0.39, 0.29) is 10.8 Å². The van der Waals surface area contributed by atoms with Crippen molar-refractivity contribution in [3.8, 4) is 11.5 Å². The van der Waals surface area contributed by atoms with Crippen LogP contribution in [0.4, 0.5) is 11.4 Å². The third-order valence-corrected chi connectivity index (χ3v) is 6.81. The van der Waals surface area contributed by atoms with E-state index in [9.17, 15) is 13.2 Å². The standard InChI is InChI=1S/C25H27N3O5S/c1-27(2)21-10-4-18(5-11-21)17-28(3)25(29)19-6-8-20(9-7-19)26-34(30,31)22-12-13-23-24(16-22)33-15-14-32-23/h4-13,16,26H,14-15,17H2,1-3H3. The third kappa shape index (κ3) is 5.26. The number of hydrogen-bond acceptors (Lipinski definition) is 6. The van der Waals surface area contributed by atoms with Crippen LogP contribution in [0, 0.1) is 0 Å². The summed E-state index contributed by atoms with van der Waals surface area (Å²) in [5.74, 6) is 0.762. The highest BCUT2D eigenvalue weighted by Crippen LogP contribution is 2.32. The van der Waals surface area contributed by atoms with E-state index in [1.165, 1.54) is 12.1 Å². The Kier molecular flexibility index (Phi) is 6.65. The molecule has 0 unspecified atom stereocenters. The molecule has 0 atom stereocenters. The first kappa shape index (κ1) is 23.4. The number of nitrogens with zero attached hydrogens (tertiary/aromatic N) is 2. The average molecular weight is 482 g/mol. The van der Waals surface area contributed by atoms with Gasteiger partial charge in [-0.05, 0) is 54.1 Å². The molecule has 1 heterocycles. The van der Waals surface area contributed by atoms with E-state index in [4.69, 9.17) is 9.47 Å². The molecule has 8 nitrogen and oxygen atoms in total. The number of rotatable bonds is 7. The molecule has 0 bridgehead atoms. The van der Waals surface area contributed by atoms with Crippen LogP contribution in [0.2, 0.25) is 0 Å². The first-order chi connectivity index (χ1) is 16.2. The summed E-state index contributed by atoms with van der Waals surface area (Å²) in [5, 5.41) is 0. The number of fused-ring (bicyclic) bond motifs is 1. The van der Waals surface area contributed by atoms with Crippen LogP contribution in [-0.2, 0) is 16.6 Å². The number of anilines is 2. The van der Waals surface area contributed by atoms with Gasteiger partial charge >= 0.3 is 0 Å². The maximum Gasteiger partial charge on any atom is 0.262 e. The van der Waals surface area contributed by atoms with Crippen molar-refractivity contribution in [3.63, 3.8) is 0 Å². The minimum atomic E-state index is -3.83. The molecular formula is C25H27N3O5S. The molecule has 34 heavy (non-hydrogen) atoms. The number of hydrogen-bond donors (Lipinski definition) is 1. The van der Waals surface area contributed by atoms with Crippen molar-refractivity contribution in [2.45, 2.75) is 11.4 Å². The van der Waals surface area contributed by atoms with E-state index in [1.54, 1.807) is 42.3 Å². The molecule has 3 aromatic carbocycles. The topological polar surface area (TPSA) is 88.2 Å². The second kappa shape index (κ2) is 9.64.